The highest BCUT2D eigenvalue weighted by Crippen LogP contribution is 2.31. The lowest BCUT2D eigenvalue weighted by molar-refractivity contribution is -0.119. The average Bonchev–Trinajstić information content (AvgIpc) is 2.38. The normalized spacial score (nSPS) is 17.8. The first-order valence-corrected chi connectivity index (χ1v) is 8.47. The molecule has 0 unspecified atom stereocenters. The van der Waals surface area contributed by atoms with Gasteiger partial charge in [-0.2, -0.15) is 4.31 Å². The minimum absolute atomic E-state index is 0.0725. The Bertz CT molecular complexity index is 623. The third-order valence-corrected chi connectivity index (χ3v) is 6.08. The van der Waals surface area contributed by atoms with E-state index in [1.165, 1.54) is 16.4 Å². The molecule has 1 aromatic carbocycles. The van der Waals surface area contributed by atoms with E-state index in [4.69, 9.17) is 28.9 Å². The van der Waals surface area contributed by atoms with E-state index in [-0.39, 0.29) is 34.6 Å². The Labute approximate surface area is 133 Å². The van der Waals surface area contributed by atoms with Crippen LogP contribution in [0.25, 0.3) is 0 Å². The third-order valence-electron chi connectivity index (χ3n) is 3.23. The zero-order valence-corrected chi connectivity index (χ0v) is 13.5. The highest BCUT2D eigenvalue weighted by molar-refractivity contribution is 7.89. The van der Waals surface area contributed by atoms with Gasteiger partial charge in [-0.3, -0.25) is 9.69 Å². The van der Waals surface area contributed by atoms with Crippen LogP contribution >= 0.6 is 23.2 Å². The minimum atomic E-state index is -3.75. The number of nitrogens with two attached hydrogens (primary N) is 1. The fourth-order valence-electron chi connectivity index (χ4n) is 2.21. The molecule has 1 aromatic rings. The number of hydrogen-bond acceptors (Lipinski definition) is 4. The van der Waals surface area contributed by atoms with Crippen molar-refractivity contribution in [3.8, 4) is 0 Å². The summed E-state index contributed by atoms with van der Waals surface area (Å²) in [5.41, 5.74) is 5.13. The zero-order valence-electron chi connectivity index (χ0n) is 11.1. The van der Waals surface area contributed by atoms with Crippen molar-refractivity contribution in [2.75, 3.05) is 32.7 Å². The smallest absolute Gasteiger partial charge is 0.246 e. The Kier molecular flexibility index (Phi) is 5.11. The van der Waals surface area contributed by atoms with Crippen LogP contribution in [0.5, 0.6) is 0 Å². The summed E-state index contributed by atoms with van der Waals surface area (Å²) in [4.78, 5) is 12.6. The number of primary amides is 1. The summed E-state index contributed by atoms with van der Waals surface area (Å²) in [5.74, 6) is -0.430. The Balaban J connectivity index is 2.17. The molecule has 1 aliphatic heterocycles. The quantitative estimate of drug-likeness (QED) is 0.868. The number of nitrogens with zero attached hydrogens (tertiary/aromatic N) is 2. The molecule has 1 aliphatic rings. The van der Waals surface area contributed by atoms with E-state index in [1.54, 1.807) is 6.07 Å². The molecular weight excluding hydrogens is 337 g/mol. The number of amides is 1. The summed E-state index contributed by atoms with van der Waals surface area (Å²) in [7, 11) is -3.75. The van der Waals surface area contributed by atoms with Crippen molar-refractivity contribution < 1.29 is 13.2 Å². The monoisotopic (exact) mass is 351 g/mol. The Morgan fingerprint density at radius 2 is 1.67 bits per heavy atom. The molecule has 1 saturated heterocycles. The maximum absolute atomic E-state index is 12.6. The first kappa shape index (κ1) is 16.5. The van der Waals surface area contributed by atoms with Gasteiger partial charge in [-0.15, -0.1) is 0 Å². The number of piperazine rings is 1. The first-order valence-electron chi connectivity index (χ1n) is 6.27. The predicted molar refractivity (Wildman–Crippen MR) is 80.9 cm³/mol. The molecule has 0 atom stereocenters. The average molecular weight is 352 g/mol. The molecule has 0 aromatic heterocycles. The molecule has 0 spiro atoms. The van der Waals surface area contributed by atoms with E-state index >= 15 is 0 Å². The van der Waals surface area contributed by atoms with Gasteiger partial charge < -0.3 is 5.73 Å². The van der Waals surface area contributed by atoms with E-state index < -0.39 is 15.9 Å². The maximum atomic E-state index is 12.6. The van der Waals surface area contributed by atoms with Crippen molar-refractivity contribution in [3.05, 3.63) is 28.2 Å². The van der Waals surface area contributed by atoms with Gasteiger partial charge in [0.25, 0.3) is 0 Å². The van der Waals surface area contributed by atoms with Crippen LogP contribution in [0, 0.1) is 0 Å². The lowest BCUT2D eigenvalue weighted by atomic mass is 10.3. The van der Waals surface area contributed by atoms with E-state index in [2.05, 4.69) is 0 Å². The lowest BCUT2D eigenvalue weighted by Crippen LogP contribution is -2.50. The van der Waals surface area contributed by atoms with Crippen molar-refractivity contribution in [3.63, 3.8) is 0 Å². The molecule has 2 N–H and O–H groups in total. The predicted octanol–water partition coefficient (Wildman–Crippen LogP) is 0.785. The summed E-state index contributed by atoms with van der Waals surface area (Å²) in [6.45, 7) is 1.52. The van der Waals surface area contributed by atoms with Crippen LogP contribution in [-0.2, 0) is 14.8 Å². The topological polar surface area (TPSA) is 83.7 Å². The van der Waals surface area contributed by atoms with E-state index in [0.29, 0.717) is 13.1 Å². The SMILES string of the molecule is NC(=O)CN1CCN(S(=O)(=O)c2c(Cl)cccc2Cl)CC1. The molecule has 6 nitrogen and oxygen atoms in total. The largest absolute Gasteiger partial charge is 0.369 e. The lowest BCUT2D eigenvalue weighted by Gasteiger charge is -2.33. The van der Waals surface area contributed by atoms with Gasteiger partial charge in [-0.05, 0) is 12.1 Å². The molecule has 1 fully saturated rings. The molecule has 116 valence electrons. The summed E-state index contributed by atoms with van der Waals surface area (Å²) >= 11 is 11.9. The van der Waals surface area contributed by atoms with E-state index in [1.807, 2.05) is 4.90 Å². The highest BCUT2D eigenvalue weighted by atomic mass is 35.5. The van der Waals surface area contributed by atoms with Crippen LogP contribution in [0.2, 0.25) is 10.0 Å². The molecule has 21 heavy (non-hydrogen) atoms. The molecule has 0 saturated carbocycles. The number of halogens is 2. The molecular formula is C12H15Cl2N3O3S. The standard InChI is InChI=1S/C12H15Cl2N3O3S/c13-9-2-1-3-10(14)12(9)21(19,20)17-6-4-16(5-7-17)8-11(15)18/h1-3H,4-8H2,(H2,15,18). The van der Waals surface area contributed by atoms with Crippen LogP contribution < -0.4 is 5.73 Å². The van der Waals surface area contributed by atoms with Crippen LogP contribution in [0.15, 0.2) is 23.1 Å². The van der Waals surface area contributed by atoms with Crippen molar-refractivity contribution >= 4 is 39.1 Å². The molecule has 1 heterocycles. The van der Waals surface area contributed by atoms with Gasteiger partial charge >= 0.3 is 0 Å². The Morgan fingerprint density at radius 1 is 1.14 bits per heavy atom. The van der Waals surface area contributed by atoms with Crippen molar-refractivity contribution in [1.82, 2.24) is 9.21 Å². The number of sulfonamides is 1. The third kappa shape index (κ3) is 3.67. The molecule has 2 rings (SSSR count). The molecule has 0 bridgehead atoms. The Morgan fingerprint density at radius 3 is 2.14 bits per heavy atom. The maximum Gasteiger partial charge on any atom is 0.246 e. The fraction of sp³-hybridized carbons (Fsp3) is 0.417. The summed E-state index contributed by atoms with van der Waals surface area (Å²) in [6, 6.07) is 4.57. The first-order chi connectivity index (χ1) is 9.82. The number of hydrogen-bond donors (Lipinski definition) is 1. The van der Waals surface area contributed by atoms with Gasteiger partial charge in [0.2, 0.25) is 15.9 Å². The second-order valence-corrected chi connectivity index (χ2v) is 7.39. The second kappa shape index (κ2) is 6.50. The van der Waals surface area contributed by atoms with Gasteiger partial charge in [-0.25, -0.2) is 8.42 Å². The van der Waals surface area contributed by atoms with Gasteiger partial charge in [-0.1, -0.05) is 29.3 Å². The van der Waals surface area contributed by atoms with Crippen LogP contribution in [-0.4, -0.2) is 56.3 Å². The number of carbonyl (C=O) groups is 1. The van der Waals surface area contributed by atoms with Gasteiger partial charge in [0.15, 0.2) is 0 Å². The molecule has 9 heteroatoms. The number of carbonyl (C=O) groups excluding carboxylic acids is 1. The van der Waals surface area contributed by atoms with E-state index in [9.17, 15) is 13.2 Å². The molecule has 1 amide bonds. The highest BCUT2D eigenvalue weighted by Gasteiger charge is 2.31. The van der Waals surface area contributed by atoms with Crippen LogP contribution in [0.3, 0.4) is 0 Å². The van der Waals surface area contributed by atoms with Crippen molar-refractivity contribution in [2.24, 2.45) is 5.73 Å². The van der Waals surface area contributed by atoms with Crippen LogP contribution in [0.4, 0.5) is 0 Å². The number of benzene rings is 1. The second-order valence-electron chi connectivity index (χ2n) is 4.70. The van der Waals surface area contributed by atoms with Gasteiger partial charge in [0.1, 0.15) is 4.90 Å². The van der Waals surface area contributed by atoms with Gasteiger partial charge in [0, 0.05) is 26.2 Å². The van der Waals surface area contributed by atoms with E-state index in [0.717, 1.165) is 0 Å². The molecule has 0 radical (unpaired) electrons. The molecule has 0 aliphatic carbocycles. The van der Waals surface area contributed by atoms with Crippen molar-refractivity contribution in [1.29, 1.82) is 0 Å². The fourth-order valence-corrected chi connectivity index (χ4v) is 4.72. The summed E-state index contributed by atoms with van der Waals surface area (Å²) in [5, 5.41) is 0.198. The number of rotatable bonds is 4. The zero-order chi connectivity index (χ0) is 15.6. The summed E-state index contributed by atoms with van der Waals surface area (Å²) in [6.07, 6.45) is 0. The van der Waals surface area contributed by atoms with Crippen LogP contribution in [0.1, 0.15) is 0 Å². The van der Waals surface area contributed by atoms with Gasteiger partial charge in [0.05, 0.1) is 16.6 Å². The minimum Gasteiger partial charge on any atom is -0.369 e. The van der Waals surface area contributed by atoms with Crippen molar-refractivity contribution in [2.45, 2.75) is 4.90 Å². The summed E-state index contributed by atoms with van der Waals surface area (Å²) < 4.78 is 26.5. The Hall–Kier alpha value is -0.860.